The summed E-state index contributed by atoms with van der Waals surface area (Å²) in [7, 11) is 0. The van der Waals surface area contributed by atoms with Crippen molar-refractivity contribution in [2.24, 2.45) is 5.92 Å². The molecule has 0 amide bonds. The van der Waals surface area contributed by atoms with Gasteiger partial charge in [0.15, 0.2) is 0 Å². The van der Waals surface area contributed by atoms with Crippen LogP contribution in [-0.2, 0) is 6.42 Å². The lowest BCUT2D eigenvalue weighted by atomic mass is 10.0. The highest BCUT2D eigenvalue weighted by Gasteiger charge is 2.26. The second-order valence-electron chi connectivity index (χ2n) is 8.06. The maximum absolute atomic E-state index is 9.11. The SMILES string of the molecule is [C-]#[N+]c1cc(-c2nc(-c3cccc4c3CCC4NCCO)no2)ccc1OCC(C)C. The maximum atomic E-state index is 9.11. The van der Waals surface area contributed by atoms with Crippen LogP contribution in [0.15, 0.2) is 40.9 Å². The Morgan fingerprint density at radius 1 is 1.32 bits per heavy atom. The largest absolute Gasteiger partial charge is 0.504 e. The molecule has 1 heterocycles. The smallest absolute Gasteiger partial charge is 0.256 e. The monoisotopic (exact) mass is 418 g/mol. The minimum absolute atomic E-state index is 0.119. The Hall–Kier alpha value is -3.21. The van der Waals surface area contributed by atoms with Crippen molar-refractivity contribution >= 4 is 5.69 Å². The van der Waals surface area contributed by atoms with Gasteiger partial charge in [0.1, 0.15) is 5.75 Å². The van der Waals surface area contributed by atoms with Gasteiger partial charge in [-0.3, -0.25) is 0 Å². The van der Waals surface area contributed by atoms with Crippen LogP contribution in [0, 0.1) is 12.5 Å². The first-order valence-electron chi connectivity index (χ1n) is 10.6. The molecule has 0 saturated heterocycles. The molecule has 4 rings (SSSR count). The van der Waals surface area contributed by atoms with Gasteiger partial charge in [-0.1, -0.05) is 37.2 Å². The van der Waals surface area contributed by atoms with Crippen LogP contribution in [0.1, 0.15) is 37.4 Å². The molecule has 1 aliphatic rings. The van der Waals surface area contributed by atoms with E-state index < -0.39 is 0 Å². The van der Waals surface area contributed by atoms with Crippen molar-refractivity contribution < 1.29 is 14.4 Å². The van der Waals surface area contributed by atoms with Crippen molar-refractivity contribution in [3.63, 3.8) is 0 Å². The minimum Gasteiger partial charge on any atom is -0.504 e. The van der Waals surface area contributed by atoms with Crippen molar-refractivity contribution in [1.29, 1.82) is 0 Å². The molecule has 0 saturated carbocycles. The zero-order chi connectivity index (χ0) is 21.8. The van der Waals surface area contributed by atoms with Gasteiger partial charge in [0.05, 0.1) is 19.8 Å². The molecule has 0 aliphatic heterocycles. The number of benzene rings is 2. The Labute approximate surface area is 181 Å². The fraction of sp³-hybridized carbons (Fsp3) is 0.375. The lowest BCUT2D eigenvalue weighted by Gasteiger charge is -2.13. The molecule has 2 N–H and O–H groups in total. The molecular weight excluding hydrogens is 392 g/mol. The van der Waals surface area contributed by atoms with Gasteiger partial charge in [0, 0.05) is 23.7 Å². The van der Waals surface area contributed by atoms with E-state index in [2.05, 4.69) is 40.2 Å². The lowest BCUT2D eigenvalue weighted by molar-refractivity contribution is 0.272. The van der Waals surface area contributed by atoms with E-state index in [0.29, 0.717) is 47.8 Å². The van der Waals surface area contributed by atoms with E-state index in [1.807, 2.05) is 18.2 Å². The highest BCUT2D eigenvalue weighted by Crippen LogP contribution is 2.38. The number of aliphatic hydroxyl groups excluding tert-OH is 1. The third-order valence-electron chi connectivity index (χ3n) is 5.34. The second-order valence-corrected chi connectivity index (χ2v) is 8.06. The fourth-order valence-electron chi connectivity index (χ4n) is 3.88. The number of fused-ring (bicyclic) bond motifs is 1. The summed E-state index contributed by atoms with van der Waals surface area (Å²) in [6.07, 6.45) is 1.89. The molecule has 1 atom stereocenters. The van der Waals surface area contributed by atoms with Gasteiger partial charge >= 0.3 is 0 Å². The predicted octanol–water partition coefficient (Wildman–Crippen LogP) is 4.56. The molecule has 0 bridgehead atoms. The van der Waals surface area contributed by atoms with Gasteiger partial charge in [0.2, 0.25) is 11.5 Å². The summed E-state index contributed by atoms with van der Waals surface area (Å²) in [5.41, 5.74) is 4.51. The van der Waals surface area contributed by atoms with E-state index in [-0.39, 0.29) is 12.6 Å². The summed E-state index contributed by atoms with van der Waals surface area (Å²) in [5.74, 6) is 1.86. The van der Waals surface area contributed by atoms with Gasteiger partial charge in [-0.05, 0) is 48.1 Å². The third kappa shape index (κ3) is 4.46. The number of aromatic nitrogens is 2. The number of nitrogens with zero attached hydrogens (tertiary/aromatic N) is 3. The molecule has 0 spiro atoms. The van der Waals surface area contributed by atoms with Gasteiger partial charge in [0.25, 0.3) is 5.89 Å². The van der Waals surface area contributed by atoms with Crippen LogP contribution in [0.5, 0.6) is 5.75 Å². The van der Waals surface area contributed by atoms with E-state index in [1.54, 1.807) is 12.1 Å². The summed E-state index contributed by atoms with van der Waals surface area (Å²) in [6.45, 7) is 12.9. The van der Waals surface area contributed by atoms with Crippen molar-refractivity contribution in [3.8, 4) is 28.6 Å². The number of ether oxygens (including phenoxy) is 1. The van der Waals surface area contributed by atoms with Crippen LogP contribution >= 0.6 is 0 Å². The van der Waals surface area contributed by atoms with Gasteiger partial charge in [-0.25, -0.2) is 4.85 Å². The first kappa shape index (κ1) is 21.0. The van der Waals surface area contributed by atoms with Crippen LogP contribution in [0.4, 0.5) is 5.69 Å². The Morgan fingerprint density at radius 3 is 2.97 bits per heavy atom. The van der Waals surface area contributed by atoms with Crippen molar-refractivity contribution in [3.05, 3.63) is 58.9 Å². The first-order valence-corrected chi connectivity index (χ1v) is 10.6. The van der Waals surface area contributed by atoms with E-state index in [1.165, 1.54) is 11.1 Å². The normalized spacial score (nSPS) is 15.1. The first-order chi connectivity index (χ1) is 15.1. The number of hydrogen-bond donors (Lipinski definition) is 2. The Kier molecular flexibility index (Phi) is 6.31. The highest BCUT2D eigenvalue weighted by molar-refractivity contribution is 5.70. The van der Waals surface area contributed by atoms with Crippen LogP contribution in [0.2, 0.25) is 0 Å². The van der Waals surface area contributed by atoms with E-state index in [0.717, 1.165) is 18.4 Å². The average Bonchev–Trinajstić information content (AvgIpc) is 3.43. The Morgan fingerprint density at radius 2 is 2.19 bits per heavy atom. The number of rotatable bonds is 8. The molecule has 31 heavy (non-hydrogen) atoms. The molecule has 2 aromatic carbocycles. The van der Waals surface area contributed by atoms with Crippen LogP contribution in [0.3, 0.4) is 0 Å². The van der Waals surface area contributed by atoms with Crippen LogP contribution < -0.4 is 10.1 Å². The molecule has 1 aliphatic carbocycles. The van der Waals surface area contributed by atoms with Crippen LogP contribution in [0.25, 0.3) is 27.7 Å². The maximum Gasteiger partial charge on any atom is 0.256 e. The Balaban J connectivity index is 1.60. The van der Waals surface area contributed by atoms with Crippen LogP contribution in [-0.4, -0.2) is 35.0 Å². The lowest BCUT2D eigenvalue weighted by Crippen LogP contribution is -2.22. The van der Waals surface area contributed by atoms with Gasteiger partial charge < -0.3 is 19.7 Å². The molecule has 0 radical (unpaired) electrons. The summed E-state index contributed by atoms with van der Waals surface area (Å²) in [6, 6.07) is 11.7. The zero-order valence-corrected chi connectivity index (χ0v) is 17.8. The third-order valence-corrected chi connectivity index (χ3v) is 5.34. The highest BCUT2D eigenvalue weighted by atomic mass is 16.5. The Bertz CT molecular complexity index is 1100. The zero-order valence-electron chi connectivity index (χ0n) is 17.8. The standard InChI is InChI=1S/C24H26N4O3/c1-15(2)14-30-22-10-7-16(13-21(22)25-3)24-27-23(28-31-24)19-6-4-5-18-17(19)8-9-20(18)26-11-12-29/h4-7,10,13,15,20,26,29H,8-9,11-12,14H2,1-2H3. The summed E-state index contributed by atoms with van der Waals surface area (Å²) in [5, 5.41) is 16.7. The quantitative estimate of drug-likeness (QED) is 0.522. The molecule has 7 nitrogen and oxygen atoms in total. The fourth-order valence-corrected chi connectivity index (χ4v) is 3.88. The molecule has 1 unspecified atom stereocenters. The van der Waals surface area contributed by atoms with E-state index in [4.69, 9.17) is 20.9 Å². The molecule has 3 aromatic rings. The van der Waals surface area contributed by atoms with Crippen molar-refractivity contribution in [2.45, 2.75) is 32.7 Å². The number of nitrogens with one attached hydrogen (secondary N) is 1. The second kappa shape index (κ2) is 9.29. The topological polar surface area (TPSA) is 84.8 Å². The predicted molar refractivity (Wildman–Crippen MR) is 118 cm³/mol. The molecule has 0 fully saturated rings. The summed E-state index contributed by atoms with van der Waals surface area (Å²) in [4.78, 5) is 8.20. The molecule has 7 heteroatoms. The molecular formula is C24H26N4O3. The van der Waals surface area contributed by atoms with Crippen molar-refractivity contribution in [2.75, 3.05) is 19.8 Å². The average molecular weight is 418 g/mol. The minimum atomic E-state index is 0.119. The molecule has 160 valence electrons. The van der Waals surface area contributed by atoms with Crippen molar-refractivity contribution in [1.82, 2.24) is 15.5 Å². The number of hydrogen-bond acceptors (Lipinski definition) is 6. The van der Waals surface area contributed by atoms with Gasteiger partial charge in [-0.15, -0.1) is 0 Å². The van der Waals surface area contributed by atoms with Gasteiger partial charge in [-0.2, -0.15) is 4.98 Å². The molecule has 1 aromatic heterocycles. The summed E-state index contributed by atoms with van der Waals surface area (Å²) >= 11 is 0. The number of aliphatic hydroxyl groups is 1. The van der Waals surface area contributed by atoms with E-state index >= 15 is 0 Å². The summed E-state index contributed by atoms with van der Waals surface area (Å²) < 4.78 is 11.3. The van der Waals surface area contributed by atoms with E-state index in [9.17, 15) is 0 Å².